The van der Waals surface area contributed by atoms with Crippen LogP contribution < -0.4 is 21.1 Å². The second-order valence-corrected chi connectivity index (χ2v) is 6.31. The van der Waals surface area contributed by atoms with E-state index >= 15 is 0 Å². The van der Waals surface area contributed by atoms with E-state index in [1.165, 1.54) is 17.5 Å². The van der Waals surface area contributed by atoms with Gasteiger partial charge in [-0.3, -0.25) is 0 Å². The van der Waals surface area contributed by atoms with Gasteiger partial charge in [0.2, 0.25) is 0 Å². The van der Waals surface area contributed by atoms with Crippen molar-refractivity contribution in [1.29, 1.82) is 0 Å². The number of hydrogen-bond acceptors (Lipinski definition) is 6. The van der Waals surface area contributed by atoms with Crippen LogP contribution in [0.1, 0.15) is 11.1 Å². The summed E-state index contributed by atoms with van der Waals surface area (Å²) < 4.78 is 5.34. The monoisotopic (exact) mass is 369 g/mol. The van der Waals surface area contributed by atoms with Crippen molar-refractivity contribution in [2.24, 2.45) is 0 Å². The van der Waals surface area contributed by atoms with Crippen molar-refractivity contribution in [1.82, 2.24) is 9.97 Å². The lowest BCUT2D eigenvalue weighted by Gasteiger charge is -2.15. The van der Waals surface area contributed by atoms with Crippen LogP contribution >= 0.6 is 11.6 Å². The molecule has 0 amide bonds. The first-order valence-corrected chi connectivity index (χ1v) is 8.41. The molecule has 0 bridgehead atoms. The van der Waals surface area contributed by atoms with Gasteiger partial charge in [0.05, 0.1) is 12.8 Å². The molecule has 3 rings (SSSR count). The van der Waals surface area contributed by atoms with Crippen molar-refractivity contribution in [3.63, 3.8) is 0 Å². The van der Waals surface area contributed by atoms with Crippen LogP contribution in [-0.2, 0) is 0 Å². The molecule has 0 fully saturated rings. The van der Waals surface area contributed by atoms with E-state index in [4.69, 9.17) is 22.1 Å². The number of nitrogen functional groups attached to an aromatic ring is 1. The quantitative estimate of drug-likeness (QED) is 0.597. The molecule has 0 saturated carbocycles. The number of halogens is 1. The lowest BCUT2D eigenvalue weighted by Crippen LogP contribution is -2.06. The summed E-state index contributed by atoms with van der Waals surface area (Å²) in [7, 11) is 1.59. The number of anilines is 5. The molecule has 3 aromatic rings. The molecule has 134 valence electrons. The molecule has 0 spiro atoms. The van der Waals surface area contributed by atoms with E-state index in [0.29, 0.717) is 33.8 Å². The smallest absolute Gasteiger partial charge is 0.159 e. The van der Waals surface area contributed by atoms with Crippen molar-refractivity contribution < 1.29 is 4.74 Å². The van der Waals surface area contributed by atoms with Gasteiger partial charge in [-0.05, 0) is 55.3 Å². The first-order chi connectivity index (χ1) is 12.5. The molecule has 2 aromatic carbocycles. The van der Waals surface area contributed by atoms with Crippen LogP contribution in [0.2, 0.25) is 5.02 Å². The summed E-state index contributed by atoms with van der Waals surface area (Å²) in [6.45, 7) is 4.13. The Bertz CT molecular complexity index is 945. The molecule has 1 aromatic heterocycles. The van der Waals surface area contributed by atoms with Gasteiger partial charge in [0, 0.05) is 10.7 Å². The highest BCUT2D eigenvalue weighted by Gasteiger charge is 2.12. The molecule has 0 unspecified atom stereocenters. The SMILES string of the molecule is COc1ccc(Cl)cc1Nc1ncnc(Nc2ccc(C)c(C)c2)c1N. The van der Waals surface area contributed by atoms with Gasteiger partial charge in [0.25, 0.3) is 0 Å². The Morgan fingerprint density at radius 3 is 2.38 bits per heavy atom. The molecule has 0 saturated heterocycles. The molecule has 1 heterocycles. The summed E-state index contributed by atoms with van der Waals surface area (Å²) in [6.07, 6.45) is 1.44. The van der Waals surface area contributed by atoms with Gasteiger partial charge in [-0.15, -0.1) is 0 Å². The van der Waals surface area contributed by atoms with Crippen molar-refractivity contribution in [2.45, 2.75) is 13.8 Å². The van der Waals surface area contributed by atoms with Crippen LogP contribution in [-0.4, -0.2) is 17.1 Å². The van der Waals surface area contributed by atoms with Crippen molar-refractivity contribution in [2.75, 3.05) is 23.5 Å². The van der Waals surface area contributed by atoms with Gasteiger partial charge < -0.3 is 21.1 Å². The third-order valence-corrected chi connectivity index (χ3v) is 4.30. The Morgan fingerprint density at radius 2 is 1.69 bits per heavy atom. The summed E-state index contributed by atoms with van der Waals surface area (Å²) in [5, 5.41) is 6.96. The molecule has 7 heteroatoms. The predicted molar refractivity (Wildman–Crippen MR) is 107 cm³/mol. The second kappa shape index (κ2) is 7.49. The summed E-state index contributed by atoms with van der Waals surface area (Å²) in [5.74, 6) is 1.62. The molecule has 0 aliphatic heterocycles. The molecule has 0 aliphatic rings. The molecule has 6 nitrogen and oxygen atoms in total. The Kier molecular flexibility index (Phi) is 5.14. The zero-order valence-electron chi connectivity index (χ0n) is 14.8. The molecular formula is C19H20ClN5O. The Hall–Kier alpha value is -2.99. The Balaban J connectivity index is 1.90. The highest BCUT2D eigenvalue weighted by Crippen LogP contribution is 2.33. The van der Waals surface area contributed by atoms with E-state index in [-0.39, 0.29) is 0 Å². The molecular weight excluding hydrogens is 350 g/mol. The second-order valence-electron chi connectivity index (χ2n) is 5.88. The molecule has 0 atom stereocenters. The van der Waals surface area contributed by atoms with E-state index in [1.807, 2.05) is 18.2 Å². The number of nitrogens with zero attached hydrogens (tertiary/aromatic N) is 2. The Morgan fingerprint density at radius 1 is 0.962 bits per heavy atom. The minimum atomic E-state index is 0.396. The minimum absolute atomic E-state index is 0.396. The minimum Gasteiger partial charge on any atom is -0.495 e. The van der Waals surface area contributed by atoms with E-state index in [1.54, 1.807) is 25.3 Å². The molecule has 0 radical (unpaired) electrons. The van der Waals surface area contributed by atoms with E-state index in [0.717, 1.165) is 5.69 Å². The van der Waals surface area contributed by atoms with Gasteiger partial charge in [0.1, 0.15) is 17.8 Å². The first-order valence-electron chi connectivity index (χ1n) is 8.03. The third kappa shape index (κ3) is 3.81. The van der Waals surface area contributed by atoms with Crippen LogP contribution in [0.3, 0.4) is 0 Å². The third-order valence-electron chi connectivity index (χ3n) is 4.07. The lowest BCUT2D eigenvalue weighted by atomic mass is 10.1. The zero-order valence-corrected chi connectivity index (χ0v) is 15.6. The van der Waals surface area contributed by atoms with E-state index in [9.17, 15) is 0 Å². The summed E-state index contributed by atoms with van der Waals surface area (Å²) in [6, 6.07) is 11.3. The average molecular weight is 370 g/mol. The first kappa shape index (κ1) is 17.8. The lowest BCUT2D eigenvalue weighted by molar-refractivity contribution is 0.417. The van der Waals surface area contributed by atoms with Crippen LogP contribution in [0, 0.1) is 13.8 Å². The summed E-state index contributed by atoms with van der Waals surface area (Å²) in [5.41, 5.74) is 10.6. The van der Waals surface area contributed by atoms with Gasteiger partial charge >= 0.3 is 0 Å². The molecule has 0 aliphatic carbocycles. The zero-order chi connectivity index (χ0) is 18.7. The van der Waals surface area contributed by atoms with Crippen LogP contribution in [0.5, 0.6) is 5.75 Å². The summed E-state index contributed by atoms with van der Waals surface area (Å²) >= 11 is 6.07. The van der Waals surface area contributed by atoms with Gasteiger partial charge in [-0.2, -0.15) is 0 Å². The molecule has 4 N–H and O–H groups in total. The van der Waals surface area contributed by atoms with Gasteiger partial charge in [0.15, 0.2) is 11.6 Å². The maximum atomic E-state index is 6.25. The number of nitrogens with one attached hydrogen (secondary N) is 2. The number of benzene rings is 2. The average Bonchev–Trinajstić information content (AvgIpc) is 2.62. The van der Waals surface area contributed by atoms with Crippen LogP contribution in [0.4, 0.5) is 28.7 Å². The van der Waals surface area contributed by atoms with Crippen LogP contribution in [0.25, 0.3) is 0 Å². The van der Waals surface area contributed by atoms with E-state index in [2.05, 4.69) is 34.4 Å². The summed E-state index contributed by atoms with van der Waals surface area (Å²) in [4.78, 5) is 8.47. The maximum absolute atomic E-state index is 6.25. The van der Waals surface area contributed by atoms with Crippen molar-refractivity contribution >= 4 is 40.3 Å². The fourth-order valence-electron chi connectivity index (χ4n) is 2.46. The standard InChI is InChI=1S/C19H20ClN5O/c1-11-4-6-14(8-12(11)2)24-18-17(21)19(23-10-22-18)25-15-9-13(20)5-7-16(15)26-3/h4-10H,21H2,1-3H3,(H2,22,23,24,25). The van der Waals surface area contributed by atoms with Gasteiger partial charge in [-0.1, -0.05) is 17.7 Å². The number of ether oxygens (including phenoxy) is 1. The fourth-order valence-corrected chi connectivity index (χ4v) is 2.63. The van der Waals surface area contributed by atoms with Crippen molar-refractivity contribution in [3.05, 3.63) is 58.9 Å². The van der Waals surface area contributed by atoms with Crippen molar-refractivity contribution in [3.8, 4) is 5.75 Å². The highest BCUT2D eigenvalue weighted by molar-refractivity contribution is 6.31. The number of rotatable bonds is 5. The Labute approximate surface area is 157 Å². The number of aromatic nitrogens is 2. The van der Waals surface area contributed by atoms with Gasteiger partial charge in [-0.25, -0.2) is 9.97 Å². The largest absolute Gasteiger partial charge is 0.495 e. The highest BCUT2D eigenvalue weighted by atomic mass is 35.5. The normalized spacial score (nSPS) is 10.5. The number of nitrogens with two attached hydrogens (primary N) is 1. The predicted octanol–water partition coefficient (Wildman–Crippen LogP) is 4.82. The van der Waals surface area contributed by atoms with Crippen LogP contribution in [0.15, 0.2) is 42.7 Å². The fraction of sp³-hybridized carbons (Fsp3) is 0.158. The molecule has 26 heavy (non-hydrogen) atoms. The van der Waals surface area contributed by atoms with E-state index < -0.39 is 0 Å². The number of aryl methyl sites for hydroxylation is 2. The topological polar surface area (TPSA) is 85.1 Å². The number of hydrogen-bond donors (Lipinski definition) is 3. The number of methoxy groups -OCH3 is 1. The maximum Gasteiger partial charge on any atom is 0.159 e.